The molecule has 1 aliphatic rings. The highest BCUT2D eigenvalue weighted by Gasteiger charge is 2.23. The Balaban J connectivity index is 2.22. The Morgan fingerprint density at radius 3 is 2.78 bits per heavy atom. The molecule has 0 aromatic carbocycles. The average molecular weight is 129 g/mol. The van der Waals surface area contributed by atoms with E-state index in [1.807, 2.05) is 7.05 Å². The number of aliphatic hydroxyl groups excluding tert-OH is 1. The van der Waals surface area contributed by atoms with E-state index in [1.165, 1.54) is 12.8 Å². The highest BCUT2D eigenvalue weighted by molar-refractivity contribution is 4.77. The Kier molecular flexibility index (Phi) is 2.49. The van der Waals surface area contributed by atoms with Crippen LogP contribution in [-0.4, -0.2) is 24.8 Å². The molecule has 9 heavy (non-hydrogen) atoms. The molecule has 0 aliphatic heterocycles. The van der Waals surface area contributed by atoms with Crippen LogP contribution in [0.25, 0.3) is 0 Å². The number of aliphatic hydroxyl groups is 1. The van der Waals surface area contributed by atoms with Gasteiger partial charge in [-0.3, -0.25) is 0 Å². The first-order chi connectivity index (χ1) is 4.34. The van der Waals surface area contributed by atoms with Gasteiger partial charge in [0.1, 0.15) is 0 Å². The summed E-state index contributed by atoms with van der Waals surface area (Å²) in [4.78, 5) is 0. The molecule has 2 nitrogen and oxygen atoms in total. The van der Waals surface area contributed by atoms with Crippen molar-refractivity contribution in [2.24, 2.45) is 5.92 Å². The molecule has 1 aliphatic carbocycles. The second-order valence-corrected chi connectivity index (χ2v) is 2.82. The Morgan fingerprint density at radius 2 is 2.33 bits per heavy atom. The topological polar surface area (TPSA) is 32.3 Å². The summed E-state index contributed by atoms with van der Waals surface area (Å²) in [6.07, 6.45) is 3.37. The van der Waals surface area contributed by atoms with Crippen molar-refractivity contribution in [3.05, 3.63) is 0 Å². The van der Waals surface area contributed by atoms with Crippen molar-refractivity contribution in [2.45, 2.75) is 25.4 Å². The molecule has 2 atom stereocenters. The van der Waals surface area contributed by atoms with Gasteiger partial charge in [0.2, 0.25) is 0 Å². The van der Waals surface area contributed by atoms with Gasteiger partial charge in [-0.1, -0.05) is 6.42 Å². The molecule has 0 aromatic heterocycles. The molecular formula is C7H15NO. The van der Waals surface area contributed by atoms with Gasteiger partial charge in [-0.2, -0.15) is 0 Å². The van der Waals surface area contributed by atoms with E-state index in [-0.39, 0.29) is 6.10 Å². The van der Waals surface area contributed by atoms with Gasteiger partial charge >= 0.3 is 0 Å². The summed E-state index contributed by atoms with van der Waals surface area (Å²) >= 11 is 0. The lowest BCUT2D eigenvalue weighted by molar-refractivity contribution is 0.133. The molecule has 2 N–H and O–H groups in total. The van der Waals surface area contributed by atoms with Crippen LogP contribution in [-0.2, 0) is 0 Å². The number of hydrogen-bond acceptors (Lipinski definition) is 2. The molecule has 0 bridgehead atoms. The SMILES string of the molecule is CNC[C@@H]1CCC[C@H]1O. The van der Waals surface area contributed by atoms with Crippen molar-refractivity contribution < 1.29 is 5.11 Å². The van der Waals surface area contributed by atoms with Crippen molar-refractivity contribution in [3.63, 3.8) is 0 Å². The minimum absolute atomic E-state index is 0.0301. The van der Waals surface area contributed by atoms with Crippen LogP contribution in [0.15, 0.2) is 0 Å². The molecule has 0 radical (unpaired) electrons. The smallest absolute Gasteiger partial charge is 0.0580 e. The van der Waals surface area contributed by atoms with Crippen molar-refractivity contribution in [3.8, 4) is 0 Å². The molecule has 2 heteroatoms. The summed E-state index contributed by atoms with van der Waals surface area (Å²) in [5, 5.41) is 12.4. The van der Waals surface area contributed by atoms with Crippen LogP contribution in [0.2, 0.25) is 0 Å². The quantitative estimate of drug-likeness (QED) is 0.564. The molecule has 0 aromatic rings. The van der Waals surface area contributed by atoms with E-state index in [0.29, 0.717) is 5.92 Å². The molecule has 54 valence electrons. The number of hydrogen-bond donors (Lipinski definition) is 2. The molecule has 0 saturated heterocycles. The lowest BCUT2D eigenvalue weighted by atomic mass is 10.1. The Labute approximate surface area is 56.3 Å². The highest BCUT2D eigenvalue weighted by atomic mass is 16.3. The predicted molar refractivity (Wildman–Crippen MR) is 37.3 cm³/mol. The van der Waals surface area contributed by atoms with Crippen LogP contribution in [0, 0.1) is 5.92 Å². The van der Waals surface area contributed by atoms with E-state index in [1.54, 1.807) is 0 Å². The van der Waals surface area contributed by atoms with Crippen LogP contribution in [0.5, 0.6) is 0 Å². The molecular weight excluding hydrogens is 114 g/mol. The lowest BCUT2D eigenvalue weighted by Crippen LogP contribution is -2.24. The first-order valence-corrected chi connectivity index (χ1v) is 3.67. The van der Waals surface area contributed by atoms with Gasteiger partial charge in [0.05, 0.1) is 6.10 Å². The minimum Gasteiger partial charge on any atom is -0.393 e. The highest BCUT2D eigenvalue weighted by Crippen LogP contribution is 2.24. The van der Waals surface area contributed by atoms with Crippen LogP contribution >= 0.6 is 0 Å². The molecule has 0 spiro atoms. The zero-order valence-corrected chi connectivity index (χ0v) is 5.93. The maximum atomic E-state index is 9.28. The molecule has 0 heterocycles. The van der Waals surface area contributed by atoms with Gasteiger partial charge in [0.25, 0.3) is 0 Å². The first kappa shape index (κ1) is 7.03. The van der Waals surface area contributed by atoms with E-state index >= 15 is 0 Å². The Hall–Kier alpha value is -0.0800. The van der Waals surface area contributed by atoms with Gasteiger partial charge in [-0.05, 0) is 25.8 Å². The van der Waals surface area contributed by atoms with E-state index in [0.717, 1.165) is 13.0 Å². The fourth-order valence-electron chi connectivity index (χ4n) is 1.52. The molecule has 0 amide bonds. The van der Waals surface area contributed by atoms with Crippen LogP contribution in [0.1, 0.15) is 19.3 Å². The zero-order chi connectivity index (χ0) is 6.69. The Bertz CT molecular complexity index is 85.0. The lowest BCUT2D eigenvalue weighted by Gasteiger charge is -2.12. The van der Waals surface area contributed by atoms with E-state index in [9.17, 15) is 5.11 Å². The zero-order valence-electron chi connectivity index (χ0n) is 5.93. The van der Waals surface area contributed by atoms with E-state index in [2.05, 4.69) is 5.32 Å². The maximum absolute atomic E-state index is 9.28. The Morgan fingerprint density at radius 1 is 1.56 bits per heavy atom. The van der Waals surface area contributed by atoms with Gasteiger partial charge in [-0.25, -0.2) is 0 Å². The van der Waals surface area contributed by atoms with Gasteiger partial charge in [0, 0.05) is 6.54 Å². The molecule has 1 saturated carbocycles. The minimum atomic E-state index is -0.0301. The third-order valence-corrected chi connectivity index (χ3v) is 2.09. The van der Waals surface area contributed by atoms with Crippen LogP contribution in [0.4, 0.5) is 0 Å². The van der Waals surface area contributed by atoms with E-state index in [4.69, 9.17) is 0 Å². The third-order valence-electron chi connectivity index (χ3n) is 2.09. The van der Waals surface area contributed by atoms with Crippen molar-refractivity contribution in [1.29, 1.82) is 0 Å². The summed E-state index contributed by atoms with van der Waals surface area (Å²) in [7, 11) is 1.94. The third kappa shape index (κ3) is 1.66. The maximum Gasteiger partial charge on any atom is 0.0580 e. The monoisotopic (exact) mass is 129 g/mol. The largest absolute Gasteiger partial charge is 0.393 e. The predicted octanol–water partition coefficient (Wildman–Crippen LogP) is 0.367. The summed E-state index contributed by atoms with van der Waals surface area (Å²) < 4.78 is 0. The fourth-order valence-corrected chi connectivity index (χ4v) is 1.52. The summed E-state index contributed by atoms with van der Waals surface area (Å²) in [5.41, 5.74) is 0. The number of nitrogens with one attached hydrogen (secondary N) is 1. The second-order valence-electron chi connectivity index (χ2n) is 2.82. The molecule has 1 rings (SSSR count). The van der Waals surface area contributed by atoms with Crippen LogP contribution < -0.4 is 5.32 Å². The molecule has 1 fully saturated rings. The normalized spacial score (nSPS) is 35.3. The van der Waals surface area contributed by atoms with Gasteiger partial charge < -0.3 is 10.4 Å². The fraction of sp³-hybridized carbons (Fsp3) is 1.00. The van der Waals surface area contributed by atoms with Crippen molar-refractivity contribution >= 4 is 0 Å². The van der Waals surface area contributed by atoms with Crippen LogP contribution in [0.3, 0.4) is 0 Å². The van der Waals surface area contributed by atoms with E-state index < -0.39 is 0 Å². The number of rotatable bonds is 2. The van der Waals surface area contributed by atoms with Gasteiger partial charge in [0.15, 0.2) is 0 Å². The summed E-state index contributed by atoms with van der Waals surface area (Å²) in [6.45, 7) is 0.973. The van der Waals surface area contributed by atoms with Crippen molar-refractivity contribution in [1.82, 2.24) is 5.32 Å². The second kappa shape index (κ2) is 3.18. The molecule has 0 unspecified atom stereocenters. The average Bonchev–Trinajstić information content (AvgIpc) is 2.18. The summed E-state index contributed by atoms with van der Waals surface area (Å²) in [6, 6.07) is 0. The van der Waals surface area contributed by atoms with Gasteiger partial charge in [-0.15, -0.1) is 0 Å². The van der Waals surface area contributed by atoms with Crippen molar-refractivity contribution in [2.75, 3.05) is 13.6 Å². The first-order valence-electron chi connectivity index (χ1n) is 3.67. The summed E-state index contributed by atoms with van der Waals surface area (Å²) in [5.74, 6) is 0.523. The standard InChI is InChI=1S/C7H15NO/c1-8-5-6-3-2-4-7(6)9/h6-9H,2-5H2,1H3/t6-,7+/m0/s1.